The second kappa shape index (κ2) is 9.81. The van der Waals surface area contributed by atoms with Gasteiger partial charge in [-0.2, -0.15) is 13.2 Å². The number of thioether (sulfide) groups is 1. The number of amides is 1. The minimum Gasteiger partial charge on any atom is -0.325 e. The van der Waals surface area contributed by atoms with Crippen molar-refractivity contribution in [2.75, 3.05) is 11.1 Å². The van der Waals surface area contributed by atoms with Gasteiger partial charge in [0, 0.05) is 25.1 Å². The lowest BCUT2D eigenvalue weighted by molar-refractivity contribution is -0.385. The molecule has 0 aliphatic heterocycles. The van der Waals surface area contributed by atoms with Crippen LogP contribution in [-0.4, -0.2) is 31.3 Å². The van der Waals surface area contributed by atoms with E-state index in [-0.39, 0.29) is 5.75 Å². The minimum atomic E-state index is -4.86. The van der Waals surface area contributed by atoms with Crippen LogP contribution in [0.4, 0.5) is 24.5 Å². The lowest BCUT2D eigenvalue weighted by Crippen LogP contribution is -2.18. The molecule has 2 aromatic carbocycles. The van der Waals surface area contributed by atoms with E-state index in [0.717, 1.165) is 29.5 Å². The van der Waals surface area contributed by atoms with Crippen LogP contribution in [0.2, 0.25) is 0 Å². The van der Waals surface area contributed by atoms with Crippen molar-refractivity contribution in [2.24, 2.45) is 0 Å². The molecular weight excluding hydrogens is 447 g/mol. The number of rotatable bonds is 8. The fourth-order valence-corrected chi connectivity index (χ4v) is 3.78. The van der Waals surface area contributed by atoms with Crippen molar-refractivity contribution < 1.29 is 22.9 Å². The number of nitrogens with one attached hydrogen (secondary N) is 1. The summed E-state index contributed by atoms with van der Waals surface area (Å²) in [7, 11) is 0. The highest BCUT2D eigenvalue weighted by Crippen LogP contribution is 2.37. The van der Waals surface area contributed by atoms with Crippen LogP contribution in [0.25, 0.3) is 0 Å². The first kappa shape index (κ1) is 23.3. The van der Waals surface area contributed by atoms with E-state index in [1.54, 1.807) is 0 Å². The van der Waals surface area contributed by atoms with Crippen molar-refractivity contribution in [3.63, 3.8) is 0 Å². The van der Waals surface area contributed by atoms with Crippen LogP contribution in [0.3, 0.4) is 0 Å². The molecule has 1 amide bonds. The van der Waals surface area contributed by atoms with Gasteiger partial charge in [0.15, 0.2) is 5.16 Å². The number of nitro benzene ring substituents is 1. The number of benzene rings is 2. The van der Waals surface area contributed by atoms with Gasteiger partial charge in [-0.1, -0.05) is 42.1 Å². The summed E-state index contributed by atoms with van der Waals surface area (Å²) in [4.78, 5) is 22.1. The molecule has 3 rings (SSSR count). The SMILES string of the molecule is CCn1c(Cc2ccccc2)nnc1SCC(=O)Nc1ccc([N+](=O)[O-])cc1C(F)(F)F. The van der Waals surface area contributed by atoms with Crippen LogP contribution in [0.1, 0.15) is 23.9 Å². The number of nitro groups is 1. The molecule has 1 N–H and O–H groups in total. The van der Waals surface area contributed by atoms with Crippen molar-refractivity contribution in [1.29, 1.82) is 0 Å². The van der Waals surface area contributed by atoms with Gasteiger partial charge in [-0.15, -0.1) is 10.2 Å². The van der Waals surface area contributed by atoms with Crippen molar-refractivity contribution in [3.8, 4) is 0 Å². The first-order valence-corrected chi connectivity index (χ1v) is 10.4. The molecule has 0 radical (unpaired) electrons. The van der Waals surface area contributed by atoms with Gasteiger partial charge in [0.25, 0.3) is 5.69 Å². The van der Waals surface area contributed by atoms with Gasteiger partial charge in [0.05, 0.1) is 21.9 Å². The maximum atomic E-state index is 13.3. The highest BCUT2D eigenvalue weighted by molar-refractivity contribution is 7.99. The minimum absolute atomic E-state index is 0.211. The van der Waals surface area contributed by atoms with Crippen molar-refractivity contribution in [3.05, 3.63) is 75.6 Å². The Morgan fingerprint density at radius 3 is 2.53 bits per heavy atom. The van der Waals surface area contributed by atoms with E-state index in [4.69, 9.17) is 0 Å². The lowest BCUT2D eigenvalue weighted by atomic mass is 10.1. The van der Waals surface area contributed by atoms with E-state index in [1.807, 2.05) is 41.8 Å². The summed E-state index contributed by atoms with van der Waals surface area (Å²) in [5, 5.41) is 21.7. The van der Waals surface area contributed by atoms with Gasteiger partial charge in [0.2, 0.25) is 5.91 Å². The molecule has 0 bridgehead atoms. The Hall–Kier alpha value is -3.41. The van der Waals surface area contributed by atoms with Crippen molar-refractivity contribution in [2.45, 2.75) is 31.2 Å². The molecule has 0 atom stereocenters. The molecule has 168 valence electrons. The molecule has 1 aromatic heterocycles. The average molecular weight is 465 g/mol. The van der Waals surface area contributed by atoms with Crippen LogP contribution in [0, 0.1) is 10.1 Å². The third-order valence-corrected chi connectivity index (χ3v) is 5.41. The second-order valence-corrected chi connectivity index (χ2v) is 7.57. The van der Waals surface area contributed by atoms with E-state index in [9.17, 15) is 28.1 Å². The number of anilines is 1. The zero-order valence-electron chi connectivity index (χ0n) is 16.8. The molecule has 0 spiro atoms. The van der Waals surface area contributed by atoms with Gasteiger partial charge >= 0.3 is 6.18 Å². The number of non-ortho nitro benzene ring substituents is 1. The predicted molar refractivity (Wildman–Crippen MR) is 112 cm³/mol. The topological polar surface area (TPSA) is 103 Å². The Labute approximate surface area is 185 Å². The molecule has 3 aromatic rings. The molecule has 0 saturated heterocycles. The summed E-state index contributed by atoms with van der Waals surface area (Å²) < 4.78 is 41.6. The maximum absolute atomic E-state index is 13.3. The Morgan fingerprint density at radius 2 is 1.91 bits per heavy atom. The van der Waals surface area contributed by atoms with Crippen molar-refractivity contribution >= 4 is 29.0 Å². The highest BCUT2D eigenvalue weighted by atomic mass is 32.2. The smallest absolute Gasteiger partial charge is 0.325 e. The summed E-state index contributed by atoms with van der Waals surface area (Å²) in [6, 6.07) is 11.8. The molecule has 0 unspecified atom stereocenters. The molecule has 8 nitrogen and oxygen atoms in total. The Kier molecular flexibility index (Phi) is 7.13. The van der Waals surface area contributed by atoms with Gasteiger partial charge in [-0.05, 0) is 18.6 Å². The molecule has 0 fully saturated rings. The van der Waals surface area contributed by atoms with Crippen LogP contribution in [0.5, 0.6) is 0 Å². The largest absolute Gasteiger partial charge is 0.418 e. The standard InChI is InChI=1S/C20H18F3N5O3S/c1-2-27-17(10-13-6-4-3-5-7-13)25-26-19(27)32-12-18(29)24-16-9-8-14(28(30)31)11-15(16)20(21,22)23/h3-9,11H,2,10,12H2,1H3,(H,24,29). The average Bonchev–Trinajstić information content (AvgIpc) is 3.13. The zero-order valence-corrected chi connectivity index (χ0v) is 17.6. The predicted octanol–water partition coefficient (Wildman–Crippen LogP) is 4.55. The van der Waals surface area contributed by atoms with Crippen LogP contribution in [-0.2, 0) is 23.9 Å². The molecule has 12 heteroatoms. The number of carbonyl (C=O) groups is 1. The normalized spacial score (nSPS) is 11.4. The van der Waals surface area contributed by atoms with E-state index in [0.29, 0.717) is 30.0 Å². The first-order chi connectivity index (χ1) is 15.2. The van der Waals surface area contributed by atoms with Gasteiger partial charge in [-0.3, -0.25) is 14.9 Å². The summed E-state index contributed by atoms with van der Waals surface area (Å²) in [5.41, 5.74) is -1.50. The fraction of sp³-hybridized carbons (Fsp3) is 0.250. The number of hydrogen-bond donors (Lipinski definition) is 1. The Morgan fingerprint density at radius 1 is 1.19 bits per heavy atom. The number of aromatic nitrogens is 3. The third-order valence-electron chi connectivity index (χ3n) is 4.44. The summed E-state index contributed by atoms with van der Waals surface area (Å²) in [5.74, 6) is -0.210. The van der Waals surface area contributed by atoms with Crippen LogP contribution in [0.15, 0.2) is 53.7 Å². The molecule has 0 aliphatic rings. The van der Waals surface area contributed by atoms with E-state index in [1.165, 1.54) is 0 Å². The molecule has 0 saturated carbocycles. The molecular formula is C20H18F3N5O3S. The summed E-state index contributed by atoms with van der Waals surface area (Å²) in [6.45, 7) is 2.45. The Bertz CT molecular complexity index is 1120. The first-order valence-electron chi connectivity index (χ1n) is 9.43. The summed E-state index contributed by atoms with van der Waals surface area (Å²) in [6.07, 6.45) is -4.32. The number of alkyl halides is 3. The molecule has 32 heavy (non-hydrogen) atoms. The monoisotopic (exact) mass is 465 g/mol. The molecule has 1 heterocycles. The van der Waals surface area contributed by atoms with E-state index >= 15 is 0 Å². The van der Waals surface area contributed by atoms with Crippen LogP contribution < -0.4 is 5.32 Å². The fourth-order valence-electron chi connectivity index (χ4n) is 2.96. The third kappa shape index (κ3) is 5.63. The highest BCUT2D eigenvalue weighted by Gasteiger charge is 2.35. The van der Waals surface area contributed by atoms with Gasteiger partial charge in [-0.25, -0.2) is 0 Å². The van der Waals surface area contributed by atoms with E-state index < -0.39 is 33.9 Å². The maximum Gasteiger partial charge on any atom is 0.418 e. The lowest BCUT2D eigenvalue weighted by Gasteiger charge is -2.13. The van der Waals surface area contributed by atoms with Crippen LogP contribution >= 0.6 is 11.8 Å². The summed E-state index contributed by atoms with van der Waals surface area (Å²) >= 11 is 1.04. The number of nitrogens with zero attached hydrogens (tertiary/aromatic N) is 4. The second-order valence-electron chi connectivity index (χ2n) is 6.63. The number of carbonyl (C=O) groups excluding carboxylic acids is 1. The number of halogens is 3. The van der Waals surface area contributed by atoms with Crippen molar-refractivity contribution in [1.82, 2.24) is 14.8 Å². The zero-order chi connectivity index (χ0) is 23.3. The van der Waals surface area contributed by atoms with E-state index in [2.05, 4.69) is 15.5 Å². The number of hydrogen-bond acceptors (Lipinski definition) is 6. The Balaban J connectivity index is 1.70. The van der Waals surface area contributed by atoms with Gasteiger partial charge in [0.1, 0.15) is 5.82 Å². The van der Waals surface area contributed by atoms with Gasteiger partial charge < -0.3 is 9.88 Å². The molecule has 0 aliphatic carbocycles. The quantitative estimate of drug-likeness (QED) is 0.298.